The van der Waals surface area contributed by atoms with Crippen molar-refractivity contribution in [3.8, 4) is 0 Å². The lowest BCUT2D eigenvalue weighted by Crippen LogP contribution is -2.52. The highest BCUT2D eigenvalue weighted by molar-refractivity contribution is 5.81. The van der Waals surface area contributed by atoms with Gasteiger partial charge < -0.3 is 30.1 Å². The van der Waals surface area contributed by atoms with E-state index in [1.807, 2.05) is 41.5 Å². The molecule has 0 aromatic carbocycles. The molecule has 4 N–H and O–H groups in total. The molecule has 0 spiro atoms. The van der Waals surface area contributed by atoms with E-state index in [2.05, 4.69) is 5.32 Å². The summed E-state index contributed by atoms with van der Waals surface area (Å²) in [5.41, 5.74) is -1.30. The molecular formula is C17H35NO6. The Morgan fingerprint density at radius 2 is 1.79 bits per heavy atom. The summed E-state index contributed by atoms with van der Waals surface area (Å²) in [6.07, 6.45) is -3.21. The average Bonchev–Trinajstić information content (AvgIpc) is 2.50. The molecule has 4 atom stereocenters. The molecule has 7 nitrogen and oxygen atoms in total. The molecule has 1 heterocycles. The molecule has 1 aliphatic rings. The lowest BCUT2D eigenvalue weighted by atomic mass is 9.81. The van der Waals surface area contributed by atoms with Gasteiger partial charge in [0.1, 0.15) is 12.2 Å². The zero-order chi connectivity index (χ0) is 19.1. The van der Waals surface area contributed by atoms with E-state index >= 15 is 0 Å². The molecule has 0 aromatic rings. The minimum atomic E-state index is -1.13. The van der Waals surface area contributed by atoms with Crippen molar-refractivity contribution in [3.63, 3.8) is 0 Å². The molecule has 1 aliphatic heterocycles. The standard InChI is InChI=1S/C15H29NO6.C2H6/c1-14(2,13(20)16-5)8-15(3,4)22-11-6-9(18)12(19)10(7-17)21-11;1-2/h9-12,17-19H,6-8H2,1-5H3,(H,16,20);1-2H3. The van der Waals surface area contributed by atoms with Crippen LogP contribution < -0.4 is 5.32 Å². The molecule has 144 valence electrons. The Kier molecular flexibility index (Phi) is 9.38. The first kappa shape index (κ1) is 23.3. The van der Waals surface area contributed by atoms with Crippen LogP contribution in [-0.4, -0.2) is 65.1 Å². The molecule has 7 heteroatoms. The van der Waals surface area contributed by atoms with Gasteiger partial charge in [-0.25, -0.2) is 0 Å². The monoisotopic (exact) mass is 349 g/mol. The minimum Gasteiger partial charge on any atom is -0.394 e. The van der Waals surface area contributed by atoms with E-state index in [4.69, 9.17) is 9.47 Å². The van der Waals surface area contributed by atoms with Crippen LogP contribution in [0.2, 0.25) is 0 Å². The first-order valence-electron chi connectivity index (χ1n) is 8.55. The van der Waals surface area contributed by atoms with Crippen molar-refractivity contribution in [1.82, 2.24) is 5.32 Å². The summed E-state index contributed by atoms with van der Waals surface area (Å²) in [7, 11) is 1.59. The Hall–Kier alpha value is -0.730. The van der Waals surface area contributed by atoms with Crippen LogP contribution in [0.3, 0.4) is 0 Å². The van der Waals surface area contributed by atoms with Gasteiger partial charge in [0.25, 0.3) is 0 Å². The molecule has 1 rings (SSSR count). The number of carbonyl (C=O) groups excluding carboxylic acids is 1. The van der Waals surface area contributed by atoms with E-state index in [-0.39, 0.29) is 12.3 Å². The highest BCUT2D eigenvalue weighted by Gasteiger charge is 2.41. The number of amides is 1. The molecule has 0 aliphatic carbocycles. The first-order valence-corrected chi connectivity index (χ1v) is 8.55. The third-order valence-corrected chi connectivity index (χ3v) is 3.88. The number of aliphatic hydroxyl groups excluding tert-OH is 3. The van der Waals surface area contributed by atoms with Crippen LogP contribution in [0.1, 0.15) is 54.4 Å². The molecule has 0 aromatic heterocycles. The highest BCUT2D eigenvalue weighted by Crippen LogP contribution is 2.33. The van der Waals surface area contributed by atoms with Crippen molar-refractivity contribution >= 4 is 5.91 Å². The van der Waals surface area contributed by atoms with Gasteiger partial charge in [0, 0.05) is 18.9 Å². The topological polar surface area (TPSA) is 108 Å². The SMILES string of the molecule is CC.CNC(=O)C(C)(C)CC(C)(C)OC1CC(O)C(O)C(CO)O1. The third-order valence-electron chi connectivity index (χ3n) is 3.88. The summed E-state index contributed by atoms with van der Waals surface area (Å²) in [6.45, 7) is 10.9. The number of rotatable bonds is 6. The molecular weight excluding hydrogens is 314 g/mol. The maximum Gasteiger partial charge on any atom is 0.225 e. The van der Waals surface area contributed by atoms with Gasteiger partial charge in [0.2, 0.25) is 5.91 Å². The fraction of sp³-hybridized carbons (Fsp3) is 0.941. The Labute approximate surface area is 145 Å². The van der Waals surface area contributed by atoms with Gasteiger partial charge >= 0.3 is 0 Å². The van der Waals surface area contributed by atoms with Crippen LogP contribution in [0.4, 0.5) is 0 Å². The van der Waals surface area contributed by atoms with E-state index in [9.17, 15) is 20.1 Å². The average molecular weight is 349 g/mol. The third kappa shape index (κ3) is 6.64. The molecule has 24 heavy (non-hydrogen) atoms. The Morgan fingerprint density at radius 3 is 2.25 bits per heavy atom. The van der Waals surface area contributed by atoms with Crippen molar-refractivity contribution in [2.45, 2.75) is 84.6 Å². The van der Waals surface area contributed by atoms with Gasteiger partial charge in [-0.2, -0.15) is 0 Å². The maximum atomic E-state index is 11.9. The van der Waals surface area contributed by atoms with Crippen LogP contribution in [0.25, 0.3) is 0 Å². The van der Waals surface area contributed by atoms with Crippen LogP contribution in [0.5, 0.6) is 0 Å². The lowest BCUT2D eigenvalue weighted by molar-refractivity contribution is -0.286. The molecule has 1 saturated heterocycles. The van der Waals surface area contributed by atoms with Gasteiger partial charge in [0.15, 0.2) is 6.29 Å². The van der Waals surface area contributed by atoms with Crippen LogP contribution >= 0.6 is 0 Å². The number of hydrogen-bond donors (Lipinski definition) is 4. The molecule has 0 saturated carbocycles. The van der Waals surface area contributed by atoms with Gasteiger partial charge in [-0.1, -0.05) is 27.7 Å². The molecule has 4 unspecified atom stereocenters. The molecule has 0 bridgehead atoms. The smallest absolute Gasteiger partial charge is 0.225 e. The van der Waals surface area contributed by atoms with Crippen molar-refractivity contribution in [2.75, 3.05) is 13.7 Å². The normalized spacial score (nSPS) is 27.9. The fourth-order valence-electron chi connectivity index (χ4n) is 3.02. The zero-order valence-electron chi connectivity index (χ0n) is 16.0. The van der Waals surface area contributed by atoms with Gasteiger partial charge in [-0.3, -0.25) is 4.79 Å². The first-order chi connectivity index (χ1) is 11.0. The largest absolute Gasteiger partial charge is 0.394 e. The van der Waals surface area contributed by atoms with Gasteiger partial charge in [0.05, 0.1) is 18.3 Å². The number of hydrogen-bond acceptors (Lipinski definition) is 6. The number of ether oxygens (including phenoxy) is 2. The van der Waals surface area contributed by atoms with Crippen LogP contribution in [-0.2, 0) is 14.3 Å². The maximum absolute atomic E-state index is 11.9. The van der Waals surface area contributed by atoms with Crippen LogP contribution in [0.15, 0.2) is 0 Å². The number of carbonyl (C=O) groups is 1. The van der Waals surface area contributed by atoms with E-state index < -0.39 is 42.2 Å². The van der Waals surface area contributed by atoms with Crippen LogP contribution in [0, 0.1) is 5.41 Å². The predicted molar refractivity (Wildman–Crippen MR) is 91.4 cm³/mol. The highest BCUT2D eigenvalue weighted by atomic mass is 16.7. The molecule has 0 radical (unpaired) electrons. The fourth-order valence-corrected chi connectivity index (χ4v) is 3.02. The van der Waals surface area contributed by atoms with Crippen molar-refractivity contribution in [2.24, 2.45) is 5.41 Å². The van der Waals surface area contributed by atoms with E-state index in [0.717, 1.165) is 0 Å². The van der Waals surface area contributed by atoms with E-state index in [0.29, 0.717) is 6.42 Å². The Balaban J connectivity index is 0.00000254. The summed E-state index contributed by atoms with van der Waals surface area (Å²) in [4.78, 5) is 11.9. The zero-order valence-corrected chi connectivity index (χ0v) is 16.0. The summed E-state index contributed by atoms with van der Waals surface area (Å²) < 4.78 is 11.3. The Bertz CT molecular complexity index is 385. The molecule has 1 amide bonds. The summed E-state index contributed by atoms with van der Waals surface area (Å²) in [5.74, 6) is -0.0857. The number of aliphatic hydroxyl groups is 3. The Morgan fingerprint density at radius 1 is 1.25 bits per heavy atom. The summed E-state index contributed by atoms with van der Waals surface area (Å²) >= 11 is 0. The van der Waals surface area contributed by atoms with Gasteiger partial charge in [-0.05, 0) is 20.3 Å². The van der Waals surface area contributed by atoms with E-state index in [1.165, 1.54) is 0 Å². The van der Waals surface area contributed by atoms with Crippen molar-refractivity contribution < 1.29 is 29.6 Å². The van der Waals surface area contributed by atoms with Crippen molar-refractivity contribution in [3.05, 3.63) is 0 Å². The van der Waals surface area contributed by atoms with Crippen molar-refractivity contribution in [1.29, 1.82) is 0 Å². The number of nitrogens with one attached hydrogen (secondary N) is 1. The second-order valence-electron chi connectivity index (χ2n) is 7.10. The molecule has 1 fully saturated rings. The summed E-state index contributed by atoms with van der Waals surface area (Å²) in [5, 5.41) is 31.3. The minimum absolute atomic E-state index is 0.0857. The second-order valence-corrected chi connectivity index (χ2v) is 7.10. The second kappa shape index (κ2) is 9.68. The quantitative estimate of drug-likeness (QED) is 0.565. The lowest BCUT2D eigenvalue weighted by Gasteiger charge is -2.41. The summed E-state index contributed by atoms with van der Waals surface area (Å²) in [6, 6.07) is 0. The van der Waals surface area contributed by atoms with Gasteiger partial charge in [-0.15, -0.1) is 0 Å². The van der Waals surface area contributed by atoms with E-state index in [1.54, 1.807) is 7.05 Å². The predicted octanol–water partition coefficient (Wildman–Crippen LogP) is 0.799.